The third kappa shape index (κ3) is 3.90. The van der Waals surface area contributed by atoms with Crippen LogP contribution in [0.15, 0.2) is 30.3 Å². The molecule has 0 saturated heterocycles. The summed E-state index contributed by atoms with van der Waals surface area (Å²) in [6.07, 6.45) is 2.08. The van der Waals surface area contributed by atoms with Crippen LogP contribution in [0.4, 0.5) is 11.4 Å². The van der Waals surface area contributed by atoms with Gasteiger partial charge in [-0.1, -0.05) is 13.8 Å². The van der Waals surface area contributed by atoms with Crippen LogP contribution in [0, 0.1) is 0 Å². The molecule has 1 aromatic heterocycles. The second-order valence-electron chi connectivity index (χ2n) is 4.68. The van der Waals surface area contributed by atoms with Gasteiger partial charge in [-0.05, 0) is 37.1 Å². The van der Waals surface area contributed by atoms with Gasteiger partial charge in [0.25, 0.3) is 0 Å². The summed E-state index contributed by atoms with van der Waals surface area (Å²) in [5.41, 5.74) is 7.64. The van der Waals surface area contributed by atoms with Crippen molar-refractivity contribution in [2.75, 3.05) is 17.7 Å². The van der Waals surface area contributed by atoms with E-state index in [2.05, 4.69) is 31.3 Å². The number of anilines is 2. The molecule has 4 heteroatoms. The van der Waals surface area contributed by atoms with E-state index in [0.717, 1.165) is 30.8 Å². The topological polar surface area (TPSA) is 47.3 Å². The summed E-state index contributed by atoms with van der Waals surface area (Å²) in [4.78, 5) is 2.76. The van der Waals surface area contributed by atoms with Crippen LogP contribution in [0.2, 0.25) is 0 Å². The van der Waals surface area contributed by atoms with Gasteiger partial charge in [-0.15, -0.1) is 11.3 Å². The second-order valence-corrected chi connectivity index (χ2v) is 5.93. The first-order chi connectivity index (χ1) is 9.72. The molecule has 1 aromatic carbocycles. The molecular formula is C16H22N2OS. The zero-order chi connectivity index (χ0) is 14.4. The van der Waals surface area contributed by atoms with Gasteiger partial charge in [-0.2, -0.15) is 0 Å². The fourth-order valence-corrected chi connectivity index (χ4v) is 2.78. The van der Waals surface area contributed by atoms with Gasteiger partial charge >= 0.3 is 0 Å². The number of hydrogen-bond donors (Lipinski definition) is 2. The molecule has 2 aromatic rings. The van der Waals surface area contributed by atoms with Crippen molar-refractivity contribution in [3.05, 3.63) is 40.1 Å². The third-order valence-corrected chi connectivity index (χ3v) is 4.24. The van der Waals surface area contributed by atoms with E-state index >= 15 is 0 Å². The summed E-state index contributed by atoms with van der Waals surface area (Å²) in [7, 11) is 0. The number of hydrogen-bond acceptors (Lipinski definition) is 4. The van der Waals surface area contributed by atoms with Gasteiger partial charge in [0.05, 0.1) is 12.3 Å². The van der Waals surface area contributed by atoms with Crippen molar-refractivity contribution in [1.82, 2.24) is 0 Å². The lowest BCUT2D eigenvalue weighted by Gasteiger charge is -2.11. The van der Waals surface area contributed by atoms with E-state index in [9.17, 15) is 0 Å². The van der Waals surface area contributed by atoms with Gasteiger partial charge < -0.3 is 15.8 Å². The monoisotopic (exact) mass is 290 g/mol. The van der Waals surface area contributed by atoms with Crippen molar-refractivity contribution in [2.45, 2.75) is 33.2 Å². The first-order valence-corrected chi connectivity index (χ1v) is 7.88. The number of aryl methyl sites for hydroxylation is 1. The van der Waals surface area contributed by atoms with E-state index in [-0.39, 0.29) is 0 Å². The summed E-state index contributed by atoms with van der Waals surface area (Å²) in [6, 6.07) is 10.2. The van der Waals surface area contributed by atoms with E-state index < -0.39 is 0 Å². The highest BCUT2D eigenvalue weighted by molar-refractivity contribution is 7.12. The van der Waals surface area contributed by atoms with Crippen molar-refractivity contribution in [1.29, 1.82) is 0 Å². The average molecular weight is 290 g/mol. The van der Waals surface area contributed by atoms with E-state index in [1.807, 2.05) is 29.5 Å². The van der Waals surface area contributed by atoms with Crippen molar-refractivity contribution in [3.63, 3.8) is 0 Å². The van der Waals surface area contributed by atoms with Crippen LogP contribution < -0.4 is 15.8 Å². The number of rotatable bonds is 7. The molecule has 0 amide bonds. The predicted octanol–water partition coefficient (Wildman–Crippen LogP) is 4.29. The molecule has 108 valence electrons. The van der Waals surface area contributed by atoms with E-state index in [4.69, 9.17) is 10.5 Å². The molecule has 0 aliphatic carbocycles. The van der Waals surface area contributed by atoms with Crippen LogP contribution in [0.3, 0.4) is 0 Å². The maximum Gasteiger partial charge on any atom is 0.144 e. The van der Waals surface area contributed by atoms with Crippen LogP contribution in [-0.4, -0.2) is 6.61 Å². The van der Waals surface area contributed by atoms with Crippen molar-refractivity contribution < 1.29 is 4.74 Å². The Morgan fingerprint density at radius 1 is 1.15 bits per heavy atom. The SMILES string of the molecule is CCCOc1cc(NCc2ccc(CC)s2)ccc1N. The standard InChI is InChI=1S/C16H22N2OS/c1-3-9-19-16-10-12(5-8-15(16)17)18-11-14-7-6-13(4-2)20-14/h5-8,10,18H,3-4,9,11,17H2,1-2H3. The van der Waals surface area contributed by atoms with E-state index in [0.29, 0.717) is 12.3 Å². The van der Waals surface area contributed by atoms with Crippen LogP contribution in [0.1, 0.15) is 30.0 Å². The molecule has 0 spiro atoms. The van der Waals surface area contributed by atoms with E-state index in [1.165, 1.54) is 9.75 Å². The Balaban J connectivity index is 1.98. The summed E-state index contributed by atoms with van der Waals surface area (Å²) in [5, 5.41) is 3.42. The largest absolute Gasteiger partial charge is 0.491 e. The highest BCUT2D eigenvalue weighted by atomic mass is 32.1. The first-order valence-electron chi connectivity index (χ1n) is 7.06. The minimum atomic E-state index is 0.688. The van der Waals surface area contributed by atoms with Gasteiger partial charge in [0.1, 0.15) is 5.75 Å². The van der Waals surface area contributed by atoms with Gasteiger partial charge in [0.15, 0.2) is 0 Å². The summed E-state index contributed by atoms with van der Waals surface area (Å²) >= 11 is 1.85. The maximum atomic E-state index is 5.91. The molecule has 0 saturated carbocycles. The van der Waals surface area contributed by atoms with Gasteiger partial charge in [-0.3, -0.25) is 0 Å². The number of nitrogens with two attached hydrogens (primary N) is 1. The highest BCUT2D eigenvalue weighted by Gasteiger charge is 2.03. The number of ether oxygens (including phenoxy) is 1. The average Bonchev–Trinajstić information content (AvgIpc) is 2.93. The molecule has 2 rings (SSSR count). The minimum Gasteiger partial charge on any atom is -0.491 e. The second kappa shape index (κ2) is 7.20. The Kier molecular flexibility index (Phi) is 5.30. The molecule has 20 heavy (non-hydrogen) atoms. The molecule has 0 fully saturated rings. The lowest BCUT2D eigenvalue weighted by molar-refractivity contribution is 0.319. The van der Waals surface area contributed by atoms with Gasteiger partial charge in [0.2, 0.25) is 0 Å². The van der Waals surface area contributed by atoms with Crippen LogP contribution >= 0.6 is 11.3 Å². The Morgan fingerprint density at radius 2 is 1.95 bits per heavy atom. The summed E-state index contributed by atoms with van der Waals surface area (Å²) in [5.74, 6) is 0.761. The Bertz CT molecular complexity index is 551. The number of benzene rings is 1. The van der Waals surface area contributed by atoms with Gasteiger partial charge in [-0.25, -0.2) is 0 Å². The first kappa shape index (κ1) is 14.7. The van der Waals surface area contributed by atoms with E-state index in [1.54, 1.807) is 0 Å². The quantitative estimate of drug-likeness (QED) is 0.748. The smallest absolute Gasteiger partial charge is 0.144 e. The fourth-order valence-electron chi connectivity index (χ4n) is 1.88. The zero-order valence-electron chi connectivity index (χ0n) is 12.1. The third-order valence-electron chi connectivity index (χ3n) is 3.01. The molecule has 0 radical (unpaired) electrons. The molecule has 1 heterocycles. The molecule has 0 aliphatic heterocycles. The molecule has 0 atom stereocenters. The number of thiophene rings is 1. The Morgan fingerprint density at radius 3 is 2.65 bits per heavy atom. The fraction of sp³-hybridized carbons (Fsp3) is 0.375. The maximum absolute atomic E-state index is 5.91. The molecule has 0 unspecified atom stereocenters. The lowest BCUT2D eigenvalue weighted by Crippen LogP contribution is -2.02. The molecule has 3 nitrogen and oxygen atoms in total. The Labute approximate surface area is 124 Å². The lowest BCUT2D eigenvalue weighted by atomic mass is 10.2. The molecule has 0 aliphatic rings. The Hall–Kier alpha value is -1.68. The minimum absolute atomic E-state index is 0.688. The highest BCUT2D eigenvalue weighted by Crippen LogP contribution is 2.26. The number of nitrogens with one attached hydrogen (secondary N) is 1. The normalized spacial score (nSPS) is 10.5. The zero-order valence-corrected chi connectivity index (χ0v) is 12.9. The van der Waals surface area contributed by atoms with Crippen molar-refractivity contribution in [3.8, 4) is 5.75 Å². The predicted molar refractivity (Wildman–Crippen MR) is 87.7 cm³/mol. The summed E-state index contributed by atoms with van der Waals surface area (Å²) < 4.78 is 5.64. The van der Waals surface area contributed by atoms with Crippen LogP contribution in [-0.2, 0) is 13.0 Å². The van der Waals surface area contributed by atoms with Crippen LogP contribution in [0.25, 0.3) is 0 Å². The van der Waals surface area contributed by atoms with Crippen LogP contribution in [0.5, 0.6) is 5.75 Å². The molecule has 3 N–H and O–H groups in total. The van der Waals surface area contributed by atoms with Crippen molar-refractivity contribution in [2.24, 2.45) is 0 Å². The molecule has 0 bridgehead atoms. The van der Waals surface area contributed by atoms with Gasteiger partial charge in [0, 0.05) is 28.1 Å². The summed E-state index contributed by atoms with van der Waals surface area (Å²) in [6.45, 7) is 5.79. The molecular weight excluding hydrogens is 268 g/mol. The number of nitrogen functional groups attached to an aromatic ring is 1. The van der Waals surface area contributed by atoms with Crippen molar-refractivity contribution >= 4 is 22.7 Å².